The zero-order valence-electron chi connectivity index (χ0n) is 20.0. The SMILES string of the molecule is CCP(=O)(c1cc2cccc3ccc4cccc1c4c32)c1cc2cccc3ccc4cccc1c4c32. The molecule has 0 spiro atoms. The Morgan fingerprint density at radius 1 is 0.472 bits per heavy atom. The quantitative estimate of drug-likeness (QED) is 0.183. The molecule has 0 bridgehead atoms. The van der Waals surface area contributed by atoms with Crippen molar-refractivity contribution in [3.8, 4) is 0 Å². The fourth-order valence-electron chi connectivity index (χ4n) is 6.55. The van der Waals surface area contributed by atoms with E-state index in [0.29, 0.717) is 6.16 Å². The maximum Gasteiger partial charge on any atom is 0.144 e. The summed E-state index contributed by atoms with van der Waals surface area (Å²) in [5.41, 5.74) is 0. The minimum atomic E-state index is -2.97. The molecule has 1 nitrogen and oxygen atoms in total. The molecule has 36 heavy (non-hydrogen) atoms. The first kappa shape index (κ1) is 20.3. The summed E-state index contributed by atoms with van der Waals surface area (Å²) in [7, 11) is -2.97. The molecule has 0 fully saturated rings. The van der Waals surface area contributed by atoms with E-state index < -0.39 is 7.14 Å². The number of rotatable bonds is 3. The molecule has 0 aliphatic carbocycles. The molecule has 8 aromatic rings. The van der Waals surface area contributed by atoms with Crippen LogP contribution in [-0.4, -0.2) is 6.16 Å². The van der Waals surface area contributed by atoms with Crippen LogP contribution in [0.25, 0.3) is 64.6 Å². The van der Waals surface area contributed by atoms with Gasteiger partial charge < -0.3 is 4.57 Å². The molecular weight excluding hydrogens is 455 g/mol. The van der Waals surface area contributed by atoms with Crippen LogP contribution in [0, 0.1) is 0 Å². The van der Waals surface area contributed by atoms with Crippen LogP contribution in [0.3, 0.4) is 0 Å². The van der Waals surface area contributed by atoms with Crippen molar-refractivity contribution in [1.29, 1.82) is 0 Å². The average Bonchev–Trinajstić information content (AvgIpc) is 2.94. The highest BCUT2D eigenvalue weighted by Gasteiger charge is 2.31. The highest BCUT2D eigenvalue weighted by molar-refractivity contribution is 7.79. The summed E-state index contributed by atoms with van der Waals surface area (Å²) in [6.07, 6.45) is 0.577. The maximum absolute atomic E-state index is 15.5. The van der Waals surface area contributed by atoms with Gasteiger partial charge in [-0.3, -0.25) is 0 Å². The highest BCUT2D eigenvalue weighted by Crippen LogP contribution is 2.50. The molecular formula is C34H23OP. The summed E-state index contributed by atoms with van der Waals surface area (Å²) < 4.78 is 15.5. The van der Waals surface area contributed by atoms with Crippen molar-refractivity contribution < 1.29 is 4.57 Å². The summed E-state index contributed by atoms with van der Waals surface area (Å²) in [6, 6.07) is 39.0. The van der Waals surface area contributed by atoms with Gasteiger partial charge in [0.15, 0.2) is 0 Å². The third-order valence-electron chi connectivity index (χ3n) is 8.20. The molecule has 0 aliphatic rings. The van der Waals surface area contributed by atoms with Crippen LogP contribution < -0.4 is 10.6 Å². The van der Waals surface area contributed by atoms with Gasteiger partial charge in [-0.1, -0.05) is 104 Å². The van der Waals surface area contributed by atoms with Gasteiger partial charge >= 0.3 is 0 Å². The van der Waals surface area contributed by atoms with E-state index in [2.05, 4.69) is 116 Å². The van der Waals surface area contributed by atoms with Gasteiger partial charge in [0, 0.05) is 16.8 Å². The smallest absolute Gasteiger partial charge is 0.144 e. The van der Waals surface area contributed by atoms with Crippen molar-refractivity contribution >= 4 is 82.4 Å². The fraction of sp³-hybridized carbons (Fsp3) is 0.0588. The van der Waals surface area contributed by atoms with Crippen molar-refractivity contribution in [1.82, 2.24) is 0 Å². The van der Waals surface area contributed by atoms with Gasteiger partial charge in [-0.15, -0.1) is 0 Å². The second kappa shape index (κ2) is 7.06. The molecule has 0 heterocycles. The van der Waals surface area contributed by atoms with Gasteiger partial charge in [-0.2, -0.15) is 0 Å². The van der Waals surface area contributed by atoms with Crippen molar-refractivity contribution in [2.45, 2.75) is 6.92 Å². The van der Waals surface area contributed by atoms with Gasteiger partial charge in [0.2, 0.25) is 0 Å². The Morgan fingerprint density at radius 2 is 0.833 bits per heavy atom. The zero-order valence-corrected chi connectivity index (χ0v) is 20.8. The Morgan fingerprint density at radius 3 is 1.25 bits per heavy atom. The molecule has 0 saturated heterocycles. The molecule has 2 heteroatoms. The molecule has 170 valence electrons. The zero-order chi connectivity index (χ0) is 24.0. The van der Waals surface area contributed by atoms with Crippen molar-refractivity contribution in [2.75, 3.05) is 6.16 Å². The van der Waals surface area contributed by atoms with Gasteiger partial charge in [0.1, 0.15) is 7.14 Å². The van der Waals surface area contributed by atoms with E-state index in [-0.39, 0.29) is 0 Å². The maximum atomic E-state index is 15.5. The minimum absolute atomic E-state index is 0.577. The van der Waals surface area contributed by atoms with Crippen LogP contribution in [-0.2, 0) is 4.57 Å². The van der Waals surface area contributed by atoms with Crippen LogP contribution in [0.5, 0.6) is 0 Å². The molecule has 0 unspecified atom stereocenters. The number of hydrogen-bond acceptors (Lipinski definition) is 1. The second-order valence-corrected chi connectivity index (χ2v) is 13.0. The summed E-state index contributed by atoms with van der Waals surface area (Å²) in [4.78, 5) is 0. The third kappa shape index (κ3) is 2.49. The van der Waals surface area contributed by atoms with E-state index in [4.69, 9.17) is 0 Å². The van der Waals surface area contributed by atoms with Gasteiger partial charge in [-0.25, -0.2) is 0 Å². The Labute approximate surface area is 209 Å². The second-order valence-electron chi connectivity index (χ2n) is 9.94. The van der Waals surface area contributed by atoms with Crippen LogP contribution in [0.4, 0.5) is 0 Å². The Hall–Kier alpha value is -3.93. The lowest BCUT2D eigenvalue weighted by Crippen LogP contribution is -2.20. The van der Waals surface area contributed by atoms with Gasteiger partial charge in [0.05, 0.1) is 0 Å². The van der Waals surface area contributed by atoms with Crippen molar-refractivity contribution in [2.24, 2.45) is 0 Å². The molecule has 0 saturated carbocycles. The predicted octanol–water partition coefficient (Wildman–Crippen LogP) is 8.82. The van der Waals surface area contributed by atoms with E-state index in [9.17, 15) is 0 Å². The van der Waals surface area contributed by atoms with Crippen LogP contribution in [0.2, 0.25) is 0 Å². The normalized spacial score (nSPS) is 12.8. The highest BCUT2D eigenvalue weighted by atomic mass is 31.2. The largest absolute Gasteiger partial charge is 0.314 e. The van der Waals surface area contributed by atoms with E-state index in [1.54, 1.807) is 0 Å². The van der Waals surface area contributed by atoms with Crippen LogP contribution in [0.15, 0.2) is 109 Å². The van der Waals surface area contributed by atoms with Crippen LogP contribution >= 0.6 is 7.14 Å². The first-order valence-corrected chi connectivity index (χ1v) is 14.5. The van der Waals surface area contributed by atoms with Crippen molar-refractivity contribution in [3.63, 3.8) is 0 Å². The van der Waals surface area contributed by atoms with E-state index >= 15 is 4.57 Å². The van der Waals surface area contributed by atoms with E-state index in [1.807, 2.05) is 0 Å². The molecule has 0 amide bonds. The molecule has 0 atom stereocenters. The Kier molecular flexibility index (Phi) is 3.98. The first-order valence-electron chi connectivity index (χ1n) is 12.6. The summed E-state index contributed by atoms with van der Waals surface area (Å²) in [6.45, 7) is 2.09. The van der Waals surface area contributed by atoms with E-state index in [0.717, 1.165) is 32.2 Å². The monoisotopic (exact) mass is 478 g/mol. The first-order chi connectivity index (χ1) is 17.7. The Balaban J connectivity index is 1.57. The minimum Gasteiger partial charge on any atom is -0.314 e. The number of benzene rings is 8. The van der Waals surface area contributed by atoms with Gasteiger partial charge in [-0.05, 0) is 76.8 Å². The average molecular weight is 479 g/mol. The molecule has 8 rings (SSSR count). The molecule has 0 radical (unpaired) electrons. The summed E-state index contributed by atoms with van der Waals surface area (Å²) in [5.74, 6) is 0. The molecule has 0 aliphatic heterocycles. The fourth-order valence-corrected chi connectivity index (χ4v) is 9.34. The lowest BCUT2D eigenvalue weighted by atomic mass is 9.94. The number of hydrogen-bond donors (Lipinski definition) is 0. The molecule has 0 aromatic heterocycles. The Bertz CT molecular complexity index is 2020. The van der Waals surface area contributed by atoms with Gasteiger partial charge in [0.25, 0.3) is 0 Å². The topological polar surface area (TPSA) is 17.1 Å². The summed E-state index contributed by atoms with van der Waals surface area (Å²) in [5, 5.41) is 16.4. The third-order valence-corrected chi connectivity index (χ3v) is 11.4. The summed E-state index contributed by atoms with van der Waals surface area (Å²) >= 11 is 0. The molecule has 0 N–H and O–H groups in total. The standard InChI is InChI=1S/C34H23OP/c1-2-36(35,29-19-25-11-3-7-21-15-17-23-9-5-13-27(29)33(23)31(21)25)30-20-26-12-4-8-22-16-18-24-10-6-14-28(30)34(24)32(22)26/h3-20H,2H2,1H3. The van der Waals surface area contributed by atoms with E-state index in [1.165, 1.54) is 43.1 Å². The lowest BCUT2D eigenvalue weighted by Gasteiger charge is -2.24. The van der Waals surface area contributed by atoms with Crippen molar-refractivity contribution in [3.05, 3.63) is 109 Å². The predicted molar refractivity (Wildman–Crippen MR) is 158 cm³/mol. The molecule has 8 aromatic carbocycles. The lowest BCUT2D eigenvalue weighted by molar-refractivity contribution is 0.588. The van der Waals surface area contributed by atoms with Crippen LogP contribution in [0.1, 0.15) is 6.92 Å².